The van der Waals surface area contributed by atoms with Crippen molar-refractivity contribution in [2.24, 2.45) is 11.8 Å². The zero-order valence-corrected chi connectivity index (χ0v) is 10.6. The normalized spacial score (nSPS) is 24.4. The molecule has 2 heterocycles. The lowest BCUT2D eigenvalue weighted by molar-refractivity contribution is -0.120. The summed E-state index contributed by atoms with van der Waals surface area (Å²) in [6, 6.07) is 3.65. The molecule has 0 aliphatic carbocycles. The molecule has 2 N–H and O–H groups in total. The van der Waals surface area contributed by atoms with Crippen LogP contribution in [-0.2, 0) is 4.79 Å². The van der Waals surface area contributed by atoms with Gasteiger partial charge in [0.2, 0.25) is 5.91 Å². The third kappa shape index (κ3) is 2.59. The van der Waals surface area contributed by atoms with Gasteiger partial charge >= 0.3 is 0 Å². The summed E-state index contributed by atoms with van der Waals surface area (Å²) in [5.74, 6) is 0.522. The van der Waals surface area contributed by atoms with Gasteiger partial charge < -0.3 is 10.6 Å². The van der Waals surface area contributed by atoms with Crippen molar-refractivity contribution < 1.29 is 4.79 Å². The van der Waals surface area contributed by atoms with Crippen molar-refractivity contribution in [2.45, 2.75) is 6.92 Å². The van der Waals surface area contributed by atoms with Crippen LogP contribution < -0.4 is 10.6 Å². The highest BCUT2D eigenvalue weighted by Gasteiger charge is 2.29. The zero-order chi connectivity index (χ0) is 11.5. The Kier molecular flexibility index (Phi) is 3.56. The van der Waals surface area contributed by atoms with Crippen molar-refractivity contribution in [1.29, 1.82) is 0 Å². The summed E-state index contributed by atoms with van der Waals surface area (Å²) < 4.78 is 0.765. The van der Waals surface area contributed by atoms with E-state index in [-0.39, 0.29) is 11.8 Å². The van der Waals surface area contributed by atoms with Gasteiger partial charge in [-0.15, -0.1) is 0 Å². The lowest BCUT2D eigenvalue weighted by Gasteiger charge is -2.13. The zero-order valence-electron chi connectivity index (χ0n) is 9.03. The van der Waals surface area contributed by atoms with Crippen molar-refractivity contribution in [1.82, 2.24) is 10.3 Å². The number of nitrogens with one attached hydrogen (secondary N) is 2. The highest BCUT2D eigenvalue weighted by molar-refractivity contribution is 9.10. The number of carbonyl (C=O) groups is 1. The van der Waals surface area contributed by atoms with Crippen molar-refractivity contribution in [3.05, 3.63) is 22.9 Å². The molecule has 0 saturated carbocycles. The maximum absolute atomic E-state index is 11.9. The summed E-state index contributed by atoms with van der Waals surface area (Å²) in [6.45, 7) is 3.76. The summed E-state index contributed by atoms with van der Waals surface area (Å²) in [5, 5.41) is 6.09. The number of nitrogens with zero attached hydrogens (tertiary/aromatic N) is 1. The van der Waals surface area contributed by atoms with Gasteiger partial charge in [0.25, 0.3) is 0 Å². The third-order valence-corrected chi connectivity index (χ3v) is 3.32. The molecule has 0 radical (unpaired) electrons. The smallest absolute Gasteiger partial charge is 0.229 e. The first-order valence-electron chi connectivity index (χ1n) is 5.30. The first-order valence-corrected chi connectivity index (χ1v) is 6.09. The Hall–Kier alpha value is -0.940. The Morgan fingerprint density at radius 2 is 2.38 bits per heavy atom. The molecule has 1 aromatic heterocycles. The Labute approximate surface area is 103 Å². The predicted molar refractivity (Wildman–Crippen MR) is 66.1 cm³/mol. The highest BCUT2D eigenvalue weighted by atomic mass is 79.9. The second-order valence-electron chi connectivity index (χ2n) is 4.10. The molecule has 1 aliphatic heterocycles. The van der Waals surface area contributed by atoms with Crippen LogP contribution in [0.4, 0.5) is 5.69 Å². The number of pyridine rings is 1. The van der Waals surface area contributed by atoms with Gasteiger partial charge in [0.15, 0.2) is 0 Å². The minimum absolute atomic E-state index is 0.0589. The van der Waals surface area contributed by atoms with Gasteiger partial charge in [-0.1, -0.05) is 6.92 Å². The van der Waals surface area contributed by atoms with Crippen LogP contribution in [0.15, 0.2) is 22.9 Å². The molecular weight excluding hydrogens is 270 g/mol. The van der Waals surface area contributed by atoms with E-state index in [1.54, 1.807) is 6.20 Å². The van der Waals surface area contributed by atoms with Crippen LogP contribution in [0.3, 0.4) is 0 Å². The van der Waals surface area contributed by atoms with E-state index in [1.807, 2.05) is 12.1 Å². The quantitative estimate of drug-likeness (QED) is 0.812. The molecule has 0 aromatic carbocycles. The first-order chi connectivity index (χ1) is 7.66. The molecule has 5 heteroatoms. The third-order valence-electron chi connectivity index (χ3n) is 2.85. The molecule has 0 unspecified atom stereocenters. The van der Waals surface area contributed by atoms with Crippen molar-refractivity contribution >= 4 is 27.5 Å². The maximum Gasteiger partial charge on any atom is 0.229 e. The maximum atomic E-state index is 11.9. The molecule has 86 valence electrons. The fourth-order valence-electron chi connectivity index (χ4n) is 1.85. The fraction of sp³-hybridized carbons (Fsp3) is 0.455. The number of anilines is 1. The SMILES string of the molecule is C[C@@H]1CNC[C@H]1C(=O)Nc1ccc(Br)nc1. The largest absolute Gasteiger partial charge is 0.324 e. The van der Waals surface area contributed by atoms with Gasteiger partial charge in [0.1, 0.15) is 4.60 Å². The van der Waals surface area contributed by atoms with Crippen LogP contribution in [-0.4, -0.2) is 24.0 Å². The molecule has 1 amide bonds. The van der Waals surface area contributed by atoms with E-state index >= 15 is 0 Å². The predicted octanol–water partition coefficient (Wildman–Crippen LogP) is 1.64. The van der Waals surface area contributed by atoms with Crippen molar-refractivity contribution in [3.63, 3.8) is 0 Å². The molecule has 2 atom stereocenters. The molecule has 1 fully saturated rings. The molecular formula is C11H14BrN3O. The molecule has 1 aliphatic rings. The van der Waals surface area contributed by atoms with E-state index in [4.69, 9.17) is 0 Å². The highest BCUT2D eigenvalue weighted by Crippen LogP contribution is 2.18. The van der Waals surface area contributed by atoms with Gasteiger partial charge in [-0.05, 0) is 40.5 Å². The number of hydrogen-bond donors (Lipinski definition) is 2. The van der Waals surface area contributed by atoms with E-state index in [0.717, 1.165) is 23.4 Å². The van der Waals surface area contributed by atoms with Crippen LogP contribution >= 0.6 is 15.9 Å². The lowest BCUT2D eigenvalue weighted by Crippen LogP contribution is -2.27. The monoisotopic (exact) mass is 283 g/mol. The molecule has 4 nitrogen and oxygen atoms in total. The van der Waals surface area contributed by atoms with Gasteiger partial charge in [0, 0.05) is 6.54 Å². The number of aromatic nitrogens is 1. The van der Waals surface area contributed by atoms with Gasteiger partial charge in [-0.2, -0.15) is 0 Å². The molecule has 1 saturated heterocycles. The first kappa shape index (κ1) is 11.5. The number of rotatable bonds is 2. The van der Waals surface area contributed by atoms with Crippen LogP contribution in [0.2, 0.25) is 0 Å². The summed E-state index contributed by atoms with van der Waals surface area (Å²) >= 11 is 3.25. The average molecular weight is 284 g/mol. The van der Waals surface area contributed by atoms with E-state index in [9.17, 15) is 4.79 Å². The second kappa shape index (κ2) is 4.93. The Morgan fingerprint density at radius 3 is 2.94 bits per heavy atom. The van der Waals surface area contributed by atoms with Crippen LogP contribution in [0, 0.1) is 11.8 Å². The van der Waals surface area contributed by atoms with Crippen molar-refractivity contribution in [2.75, 3.05) is 18.4 Å². The number of hydrogen-bond acceptors (Lipinski definition) is 3. The Morgan fingerprint density at radius 1 is 1.56 bits per heavy atom. The van der Waals surface area contributed by atoms with Gasteiger partial charge in [0.05, 0.1) is 17.8 Å². The molecule has 0 bridgehead atoms. The number of amides is 1. The standard InChI is InChI=1S/C11H14BrN3O/c1-7-4-13-6-9(7)11(16)15-8-2-3-10(12)14-5-8/h2-3,5,7,9,13H,4,6H2,1H3,(H,15,16)/t7-,9-/m1/s1. The summed E-state index contributed by atoms with van der Waals surface area (Å²) in [6.07, 6.45) is 1.65. The van der Waals surface area contributed by atoms with Crippen LogP contribution in [0.1, 0.15) is 6.92 Å². The second-order valence-corrected chi connectivity index (χ2v) is 4.91. The molecule has 1 aromatic rings. The number of halogens is 1. The molecule has 2 rings (SSSR count). The van der Waals surface area contributed by atoms with E-state index in [0.29, 0.717) is 5.92 Å². The van der Waals surface area contributed by atoms with E-state index in [2.05, 4.69) is 38.5 Å². The van der Waals surface area contributed by atoms with Gasteiger partial charge in [-0.25, -0.2) is 4.98 Å². The topological polar surface area (TPSA) is 54.0 Å². The lowest BCUT2D eigenvalue weighted by atomic mass is 9.97. The Balaban J connectivity index is 1.99. The van der Waals surface area contributed by atoms with Gasteiger partial charge in [-0.3, -0.25) is 4.79 Å². The average Bonchev–Trinajstić information content (AvgIpc) is 2.68. The summed E-state index contributed by atoms with van der Waals surface area (Å²) in [4.78, 5) is 16.0. The minimum atomic E-state index is 0.0589. The summed E-state index contributed by atoms with van der Waals surface area (Å²) in [5.41, 5.74) is 0.743. The Bertz CT molecular complexity index is 379. The number of carbonyl (C=O) groups excluding carboxylic acids is 1. The van der Waals surface area contributed by atoms with Crippen molar-refractivity contribution in [3.8, 4) is 0 Å². The molecule has 16 heavy (non-hydrogen) atoms. The van der Waals surface area contributed by atoms with Crippen LogP contribution in [0.5, 0.6) is 0 Å². The summed E-state index contributed by atoms with van der Waals surface area (Å²) in [7, 11) is 0. The molecule has 0 spiro atoms. The van der Waals surface area contributed by atoms with E-state index < -0.39 is 0 Å². The van der Waals surface area contributed by atoms with E-state index in [1.165, 1.54) is 0 Å². The van der Waals surface area contributed by atoms with Crippen LogP contribution in [0.25, 0.3) is 0 Å². The fourth-order valence-corrected chi connectivity index (χ4v) is 2.08. The minimum Gasteiger partial charge on any atom is -0.324 e.